The highest BCUT2D eigenvalue weighted by Crippen LogP contribution is 2.49. The minimum absolute atomic E-state index is 0.519. The fourth-order valence-corrected chi connectivity index (χ4v) is 2.72. The summed E-state index contributed by atoms with van der Waals surface area (Å²) >= 11 is 6.97. The standard InChI is InChI=1S/C15H14Br2O2/c1-9(6-15(18)19)2-3-10-7-12(10)11-4-5-13(16)14(17)8-11/h2-6,8,10,12H,7H2,1H3,(H,18,19)/t10-,12-/m1/s1. The van der Waals surface area contributed by atoms with Crippen molar-refractivity contribution in [2.45, 2.75) is 19.3 Å². The van der Waals surface area contributed by atoms with Crippen LogP contribution in [0.2, 0.25) is 0 Å². The molecule has 0 aliphatic heterocycles. The lowest BCUT2D eigenvalue weighted by Crippen LogP contribution is -1.88. The van der Waals surface area contributed by atoms with Gasteiger partial charge in [0.1, 0.15) is 0 Å². The molecule has 2 rings (SSSR count). The maximum atomic E-state index is 10.5. The van der Waals surface area contributed by atoms with Crippen molar-refractivity contribution in [2.75, 3.05) is 0 Å². The van der Waals surface area contributed by atoms with Gasteiger partial charge in [-0.3, -0.25) is 0 Å². The molecular weight excluding hydrogens is 372 g/mol. The fraction of sp³-hybridized carbons (Fsp3) is 0.267. The van der Waals surface area contributed by atoms with Gasteiger partial charge in [-0.05, 0) is 80.3 Å². The molecule has 1 aromatic carbocycles. The number of carboxylic acid groups (broad SMARTS) is 1. The summed E-state index contributed by atoms with van der Waals surface area (Å²) in [5.41, 5.74) is 2.10. The Morgan fingerprint density at radius 3 is 2.74 bits per heavy atom. The predicted octanol–water partition coefficient (Wildman–Crippen LogP) is 4.90. The molecule has 1 N–H and O–H groups in total. The number of benzene rings is 1. The number of rotatable bonds is 4. The molecule has 1 aliphatic carbocycles. The van der Waals surface area contributed by atoms with Gasteiger partial charge in [0.05, 0.1) is 0 Å². The van der Waals surface area contributed by atoms with Crippen LogP contribution in [0.3, 0.4) is 0 Å². The number of aliphatic carboxylic acids is 1. The number of hydrogen-bond acceptors (Lipinski definition) is 1. The third-order valence-corrected chi connectivity index (χ3v) is 5.05. The van der Waals surface area contributed by atoms with Crippen LogP contribution in [0.1, 0.15) is 24.8 Å². The van der Waals surface area contributed by atoms with E-state index in [4.69, 9.17) is 5.11 Å². The van der Waals surface area contributed by atoms with Crippen molar-refractivity contribution in [3.05, 3.63) is 56.5 Å². The van der Waals surface area contributed by atoms with E-state index in [1.807, 2.05) is 12.1 Å². The highest BCUT2D eigenvalue weighted by atomic mass is 79.9. The fourth-order valence-electron chi connectivity index (χ4n) is 2.07. The summed E-state index contributed by atoms with van der Waals surface area (Å²) in [5, 5.41) is 8.63. The second-order valence-corrected chi connectivity index (χ2v) is 6.47. The van der Waals surface area contributed by atoms with Crippen molar-refractivity contribution in [3.8, 4) is 0 Å². The largest absolute Gasteiger partial charge is 0.478 e. The van der Waals surface area contributed by atoms with Crippen LogP contribution in [0, 0.1) is 5.92 Å². The van der Waals surface area contributed by atoms with E-state index in [-0.39, 0.29) is 0 Å². The minimum atomic E-state index is -0.897. The van der Waals surface area contributed by atoms with Gasteiger partial charge in [0.2, 0.25) is 0 Å². The van der Waals surface area contributed by atoms with Crippen LogP contribution in [0.5, 0.6) is 0 Å². The quantitative estimate of drug-likeness (QED) is 0.591. The summed E-state index contributed by atoms with van der Waals surface area (Å²) in [7, 11) is 0. The van der Waals surface area contributed by atoms with Crippen molar-refractivity contribution in [1.82, 2.24) is 0 Å². The first kappa shape index (κ1) is 14.5. The molecule has 0 heterocycles. The first-order chi connectivity index (χ1) is 8.97. The van der Waals surface area contributed by atoms with Gasteiger partial charge >= 0.3 is 5.97 Å². The minimum Gasteiger partial charge on any atom is -0.478 e. The van der Waals surface area contributed by atoms with Crippen LogP contribution < -0.4 is 0 Å². The van der Waals surface area contributed by atoms with E-state index >= 15 is 0 Å². The number of halogens is 2. The van der Waals surface area contributed by atoms with Crippen LogP contribution in [0.4, 0.5) is 0 Å². The van der Waals surface area contributed by atoms with Crippen LogP contribution >= 0.6 is 31.9 Å². The molecule has 0 bridgehead atoms. The lowest BCUT2D eigenvalue weighted by Gasteiger charge is -2.01. The van der Waals surface area contributed by atoms with Gasteiger partial charge in [0.25, 0.3) is 0 Å². The first-order valence-electron chi connectivity index (χ1n) is 6.01. The summed E-state index contributed by atoms with van der Waals surface area (Å²) in [6.07, 6.45) is 6.36. The Morgan fingerprint density at radius 1 is 1.37 bits per heavy atom. The third-order valence-electron chi connectivity index (χ3n) is 3.17. The Morgan fingerprint density at radius 2 is 2.11 bits per heavy atom. The second kappa shape index (κ2) is 6.06. The highest BCUT2D eigenvalue weighted by Gasteiger charge is 2.36. The van der Waals surface area contributed by atoms with Gasteiger partial charge in [-0.15, -0.1) is 0 Å². The van der Waals surface area contributed by atoms with E-state index in [0.717, 1.165) is 20.9 Å². The molecule has 0 saturated heterocycles. The Bertz CT molecular complexity index is 561. The van der Waals surface area contributed by atoms with E-state index in [0.29, 0.717) is 11.8 Å². The van der Waals surface area contributed by atoms with Crippen LogP contribution in [0.15, 0.2) is 50.9 Å². The smallest absolute Gasteiger partial charge is 0.328 e. The SMILES string of the molecule is CC(C=C[C@@H]1C[C@H]1c1ccc(Br)c(Br)c1)=CC(=O)O. The molecule has 100 valence electrons. The molecule has 0 amide bonds. The van der Waals surface area contributed by atoms with E-state index < -0.39 is 5.97 Å². The van der Waals surface area contributed by atoms with Gasteiger partial charge < -0.3 is 5.11 Å². The number of allylic oxidation sites excluding steroid dienone is 3. The number of carboxylic acids is 1. The van der Waals surface area contributed by atoms with Crippen molar-refractivity contribution in [1.29, 1.82) is 0 Å². The molecule has 0 aromatic heterocycles. The van der Waals surface area contributed by atoms with Gasteiger partial charge in [-0.1, -0.05) is 18.2 Å². The van der Waals surface area contributed by atoms with Crippen molar-refractivity contribution < 1.29 is 9.90 Å². The zero-order chi connectivity index (χ0) is 14.0. The Kier molecular flexibility index (Phi) is 4.63. The molecule has 0 spiro atoms. The topological polar surface area (TPSA) is 37.3 Å². The summed E-state index contributed by atoms with van der Waals surface area (Å²) in [4.78, 5) is 10.5. The maximum absolute atomic E-state index is 10.5. The summed E-state index contributed by atoms with van der Waals surface area (Å²) in [6.45, 7) is 1.80. The molecule has 1 aliphatic rings. The normalized spacial score (nSPS) is 22.8. The monoisotopic (exact) mass is 384 g/mol. The molecular formula is C15H14Br2O2. The molecule has 19 heavy (non-hydrogen) atoms. The van der Waals surface area contributed by atoms with Crippen LogP contribution in [-0.4, -0.2) is 11.1 Å². The molecule has 1 fully saturated rings. The zero-order valence-corrected chi connectivity index (χ0v) is 13.6. The molecule has 2 nitrogen and oxygen atoms in total. The van der Waals surface area contributed by atoms with Crippen molar-refractivity contribution in [3.63, 3.8) is 0 Å². The highest BCUT2D eigenvalue weighted by molar-refractivity contribution is 9.13. The lowest BCUT2D eigenvalue weighted by molar-refractivity contribution is -0.131. The van der Waals surface area contributed by atoms with Gasteiger partial charge in [-0.2, -0.15) is 0 Å². The average Bonchev–Trinajstić information content (AvgIpc) is 3.09. The van der Waals surface area contributed by atoms with E-state index in [1.165, 1.54) is 11.6 Å². The van der Waals surface area contributed by atoms with Gasteiger partial charge in [0.15, 0.2) is 0 Å². The summed E-state index contributed by atoms with van der Waals surface area (Å²) in [5.74, 6) is 0.176. The van der Waals surface area contributed by atoms with Gasteiger partial charge in [0, 0.05) is 15.0 Å². The van der Waals surface area contributed by atoms with Crippen LogP contribution in [0.25, 0.3) is 0 Å². The molecule has 0 radical (unpaired) electrons. The lowest BCUT2D eigenvalue weighted by atomic mass is 10.1. The first-order valence-corrected chi connectivity index (χ1v) is 7.60. The predicted molar refractivity (Wildman–Crippen MR) is 83.2 cm³/mol. The van der Waals surface area contributed by atoms with E-state index in [9.17, 15) is 4.79 Å². The third kappa shape index (κ3) is 4.05. The second-order valence-electron chi connectivity index (χ2n) is 4.77. The van der Waals surface area contributed by atoms with Crippen molar-refractivity contribution >= 4 is 37.8 Å². The van der Waals surface area contributed by atoms with E-state index in [1.54, 1.807) is 6.92 Å². The Hall–Kier alpha value is -0.870. The summed E-state index contributed by atoms with van der Waals surface area (Å²) < 4.78 is 2.13. The number of hydrogen-bond donors (Lipinski definition) is 1. The van der Waals surface area contributed by atoms with Crippen LogP contribution in [-0.2, 0) is 4.79 Å². The van der Waals surface area contributed by atoms with Crippen molar-refractivity contribution in [2.24, 2.45) is 5.92 Å². The molecule has 1 saturated carbocycles. The summed E-state index contributed by atoms with van der Waals surface area (Å²) in [6, 6.07) is 6.32. The Balaban J connectivity index is 1.99. The maximum Gasteiger partial charge on any atom is 0.328 e. The average molecular weight is 386 g/mol. The zero-order valence-electron chi connectivity index (χ0n) is 10.4. The number of carbonyl (C=O) groups is 1. The van der Waals surface area contributed by atoms with E-state index in [2.05, 4.69) is 50.1 Å². The Labute approximate surface area is 129 Å². The van der Waals surface area contributed by atoms with Gasteiger partial charge in [-0.25, -0.2) is 4.79 Å². The molecule has 1 aromatic rings. The molecule has 4 heteroatoms. The molecule has 0 unspecified atom stereocenters. The molecule has 2 atom stereocenters.